The third kappa shape index (κ3) is 1.32. The van der Waals surface area contributed by atoms with E-state index in [1.54, 1.807) is 18.3 Å². The zero-order chi connectivity index (χ0) is 11.1. The monoisotopic (exact) mass is 328 g/mol. The molecule has 0 amide bonds. The van der Waals surface area contributed by atoms with E-state index in [1.165, 1.54) is 0 Å². The second-order valence-corrected chi connectivity index (χ2v) is 4.55. The first-order chi connectivity index (χ1) is 7.81. The zero-order valence-electron chi connectivity index (χ0n) is 8.35. The number of rotatable bonds is 1. The quantitative estimate of drug-likeness (QED) is 0.631. The van der Waals surface area contributed by atoms with E-state index in [9.17, 15) is 4.79 Å². The van der Waals surface area contributed by atoms with Gasteiger partial charge >= 0.3 is 0 Å². The van der Waals surface area contributed by atoms with Crippen LogP contribution in [0.25, 0.3) is 11.0 Å². The molecule has 1 atom stereocenters. The molecule has 3 heterocycles. The fraction of sp³-hybridized carbons (Fsp3) is 0.300. The molecule has 6 heteroatoms. The molecule has 0 spiro atoms. The van der Waals surface area contributed by atoms with E-state index in [-0.39, 0.29) is 5.56 Å². The summed E-state index contributed by atoms with van der Waals surface area (Å²) in [6.07, 6.45) is 1.71. The molecule has 0 aliphatic carbocycles. The van der Waals surface area contributed by atoms with Crippen molar-refractivity contribution < 1.29 is 0 Å². The van der Waals surface area contributed by atoms with Crippen LogP contribution < -0.4 is 10.9 Å². The first-order valence-electron chi connectivity index (χ1n) is 4.98. The van der Waals surface area contributed by atoms with E-state index >= 15 is 0 Å². The van der Waals surface area contributed by atoms with Gasteiger partial charge in [0.15, 0.2) is 0 Å². The van der Waals surface area contributed by atoms with Crippen molar-refractivity contribution in [3.63, 3.8) is 0 Å². The maximum atomic E-state index is 11.7. The Bertz CT molecular complexity index is 609. The van der Waals surface area contributed by atoms with Crippen LogP contribution in [-0.4, -0.2) is 25.5 Å². The van der Waals surface area contributed by atoms with Crippen molar-refractivity contribution in [3.05, 3.63) is 28.7 Å². The van der Waals surface area contributed by atoms with Gasteiger partial charge in [-0.15, -0.1) is 0 Å². The average molecular weight is 328 g/mol. The summed E-state index contributed by atoms with van der Waals surface area (Å²) in [4.78, 5) is 20.1. The number of alkyl halides is 1. The number of nitrogens with zero attached hydrogens (tertiary/aromatic N) is 3. The Hall–Kier alpha value is -1.18. The van der Waals surface area contributed by atoms with Crippen LogP contribution in [0.15, 0.2) is 23.1 Å². The van der Waals surface area contributed by atoms with Gasteiger partial charge in [0.1, 0.15) is 5.65 Å². The van der Waals surface area contributed by atoms with Gasteiger partial charge in [0.05, 0.1) is 11.4 Å². The molecule has 2 aromatic heterocycles. The van der Waals surface area contributed by atoms with Crippen LogP contribution in [0.4, 0.5) is 5.95 Å². The van der Waals surface area contributed by atoms with Crippen molar-refractivity contribution in [1.29, 1.82) is 0 Å². The number of halogens is 1. The van der Waals surface area contributed by atoms with Gasteiger partial charge in [-0.1, -0.05) is 22.6 Å². The van der Waals surface area contributed by atoms with E-state index in [2.05, 4.69) is 37.9 Å². The Balaban J connectivity index is 2.42. The van der Waals surface area contributed by atoms with Crippen molar-refractivity contribution >= 4 is 39.6 Å². The maximum absolute atomic E-state index is 11.7. The van der Waals surface area contributed by atoms with Gasteiger partial charge in [0, 0.05) is 17.2 Å². The Labute approximate surface area is 105 Å². The lowest BCUT2D eigenvalue weighted by Gasteiger charge is -2.11. The van der Waals surface area contributed by atoms with Crippen molar-refractivity contribution in [2.24, 2.45) is 0 Å². The summed E-state index contributed by atoms with van der Waals surface area (Å²) in [5.74, 6) is 0.637. The third-order valence-electron chi connectivity index (χ3n) is 2.72. The van der Waals surface area contributed by atoms with E-state index in [1.807, 2.05) is 4.57 Å². The molecule has 82 valence electrons. The Kier molecular flexibility index (Phi) is 2.31. The normalized spacial score (nSPS) is 18.4. The summed E-state index contributed by atoms with van der Waals surface area (Å²) in [6, 6.07) is 3.86. The maximum Gasteiger partial charge on any atom is 0.283 e. The minimum Gasteiger partial charge on any atom is -0.353 e. The zero-order valence-corrected chi connectivity index (χ0v) is 10.5. The first kappa shape index (κ1) is 10.0. The van der Waals surface area contributed by atoms with E-state index < -0.39 is 0 Å². The summed E-state index contributed by atoms with van der Waals surface area (Å²) in [5.41, 5.74) is 0.514. The predicted octanol–water partition coefficient (Wildman–Crippen LogP) is 1.19. The van der Waals surface area contributed by atoms with Crippen LogP contribution in [0.5, 0.6) is 0 Å². The standard InChI is InChI=1S/C10H9IN4O/c11-4-6-5-13-10-14-9(16)7-2-1-3-12-8(7)15(6)10/h1-3,6H,4-5H2,(H,13,14,16). The molecule has 2 aromatic rings. The van der Waals surface area contributed by atoms with E-state index in [0.29, 0.717) is 17.4 Å². The number of nitrogens with one attached hydrogen (secondary N) is 1. The van der Waals surface area contributed by atoms with Gasteiger partial charge in [-0.25, -0.2) is 4.98 Å². The highest BCUT2D eigenvalue weighted by atomic mass is 127. The number of anilines is 1. The average Bonchev–Trinajstić information content (AvgIpc) is 2.72. The molecule has 0 fully saturated rings. The van der Waals surface area contributed by atoms with Crippen molar-refractivity contribution in [2.45, 2.75) is 6.04 Å². The molecule has 0 aromatic carbocycles. The van der Waals surface area contributed by atoms with Crippen molar-refractivity contribution in [3.8, 4) is 0 Å². The number of pyridine rings is 1. The lowest BCUT2D eigenvalue weighted by Crippen LogP contribution is -2.16. The number of hydrogen-bond donors (Lipinski definition) is 1. The third-order valence-corrected chi connectivity index (χ3v) is 3.74. The topological polar surface area (TPSA) is 59.8 Å². The van der Waals surface area contributed by atoms with E-state index in [4.69, 9.17) is 0 Å². The minimum absolute atomic E-state index is 0.212. The predicted molar refractivity (Wildman–Crippen MR) is 70.2 cm³/mol. The Morgan fingerprint density at radius 1 is 1.62 bits per heavy atom. The number of fused-ring (bicyclic) bond motifs is 3. The van der Waals surface area contributed by atoms with Crippen LogP contribution in [0.2, 0.25) is 0 Å². The lowest BCUT2D eigenvalue weighted by molar-refractivity contribution is 0.656. The van der Waals surface area contributed by atoms with Crippen LogP contribution >= 0.6 is 22.6 Å². The molecular weight excluding hydrogens is 319 g/mol. The van der Waals surface area contributed by atoms with Crippen LogP contribution in [0, 0.1) is 0 Å². The highest BCUT2D eigenvalue weighted by molar-refractivity contribution is 14.1. The van der Waals surface area contributed by atoms with Crippen LogP contribution in [0.3, 0.4) is 0 Å². The second kappa shape index (κ2) is 3.69. The molecular formula is C10H9IN4O. The molecule has 16 heavy (non-hydrogen) atoms. The fourth-order valence-corrected chi connectivity index (χ4v) is 2.67. The molecule has 0 saturated carbocycles. The largest absolute Gasteiger partial charge is 0.353 e. The molecule has 0 bridgehead atoms. The summed E-state index contributed by atoms with van der Waals surface area (Å²) < 4.78 is 2.98. The summed E-state index contributed by atoms with van der Waals surface area (Å²) in [6.45, 7) is 0.811. The Morgan fingerprint density at radius 3 is 3.31 bits per heavy atom. The molecule has 0 saturated heterocycles. The van der Waals surface area contributed by atoms with Gasteiger partial charge in [-0.3, -0.25) is 9.36 Å². The SMILES string of the molecule is O=c1nc2n(c3ncccc13)C(CI)CN2. The van der Waals surface area contributed by atoms with Crippen molar-refractivity contribution in [2.75, 3.05) is 16.3 Å². The molecule has 1 N–H and O–H groups in total. The van der Waals surface area contributed by atoms with Gasteiger partial charge in [-0.2, -0.15) is 4.98 Å². The van der Waals surface area contributed by atoms with Crippen LogP contribution in [-0.2, 0) is 0 Å². The van der Waals surface area contributed by atoms with Gasteiger partial charge < -0.3 is 5.32 Å². The Morgan fingerprint density at radius 2 is 2.50 bits per heavy atom. The highest BCUT2D eigenvalue weighted by Gasteiger charge is 2.24. The summed E-state index contributed by atoms with van der Waals surface area (Å²) >= 11 is 2.33. The van der Waals surface area contributed by atoms with Gasteiger partial charge in [-0.05, 0) is 12.1 Å². The van der Waals surface area contributed by atoms with E-state index in [0.717, 1.165) is 16.6 Å². The van der Waals surface area contributed by atoms with Crippen molar-refractivity contribution in [1.82, 2.24) is 14.5 Å². The number of aromatic nitrogens is 3. The number of hydrogen-bond acceptors (Lipinski definition) is 4. The smallest absolute Gasteiger partial charge is 0.283 e. The molecule has 3 rings (SSSR count). The van der Waals surface area contributed by atoms with Gasteiger partial charge in [0.25, 0.3) is 5.56 Å². The second-order valence-electron chi connectivity index (χ2n) is 3.67. The lowest BCUT2D eigenvalue weighted by atomic mass is 10.3. The molecule has 1 aliphatic rings. The molecule has 0 radical (unpaired) electrons. The first-order valence-corrected chi connectivity index (χ1v) is 6.51. The molecule has 5 nitrogen and oxygen atoms in total. The fourth-order valence-electron chi connectivity index (χ4n) is 1.96. The molecule has 1 aliphatic heterocycles. The van der Waals surface area contributed by atoms with Crippen LogP contribution in [0.1, 0.15) is 6.04 Å². The summed E-state index contributed by atoms with van der Waals surface area (Å²) in [7, 11) is 0. The summed E-state index contributed by atoms with van der Waals surface area (Å²) in [5, 5.41) is 3.73. The van der Waals surface area contributed by atoms with Gasteiger partial charge in [0.2, 0.25) is 5.95 Å². The molecule has 1 unspecified atom stereocenters. The highest BCUT2D eigenvalue weighted by Crippen LogP contribution is 2.25. The minimum atomic E-state index is -0.212.